The highest BCUT2D eigenvalue weighted by molar-refractivity contribution is 7.12. The number of cyclic esters (lactones) is 1. The molecule has 3 aromatic rings. The van der Waals surface area contributed by atoms with Crippen LogP contribution in [-0.2, 0) is 16.1 Å². The molecule has 4 nitrogen and oxygen atoms in total. The topological polar surface area (TPSA) is 47.9 Å². The highest BCUT2D eigenvalue weighted by atomic mass is 32.1. The molecule has 4 rings (SSSR count). The van der Waals surface area contributed by atoms with E-state index in [4.69, 9.17) is 9.47 Å². The number of ether oxygens (including phenoxy) is 2. The van der Waals surface area contributed by atoms with Gasteiger partial charge in [-0.3, -0.25) is 0 Å². The molecular weight excluding hydrogens is 358 g/mol. The third-order valence-electron chi connectivity index (χ3n) is 4.04. The van der Waals surface area contributed by atoms with E-state index in [1.54, 1.807) is 6.08 Å². The summed E-state index contributed by atoms with van der Waals surface area (Å²) in [4.78, 5) is 17.2. The smallest absolute Gasteiger partial charge is 0.363 e. The summed E-state index contributed by atoms with van der Waals surface area (Å²) in [6.07, 6.45) is 1.71. The van der Waals surface area contributed by atoms with E-state index in [0.29, 0.717) is 12.5 Å². The summed E-state index contributed by atoms with van der Waals surface area (Å²) in [6, 6.07) is 19.6. The second-order valence-corrected chi connectivity index (χ2v) is 7.11. The number of carbonyl (C=O) groups excluding carboxylic acids is 1. The van der Waals surface area contributed by atoms with Gasteiger partial charge in [-0.1, -0.05) is 48.0 Å². The van der Waals surface area contributed by atoms with Gasteiger partial charge in [0.25, 0.3) is 0 Å². The molecule has 0 radical (unpaired) electrons. The largest absolute Gasteiger partial charge is 0.489 e. The van der Waals surface area contributed by atoms with Crippen LogP contribution in [0.4, 0.5) is 0 Å². The first-order chi connectivity index (χ1) is 13.2. The van der Waals surface area contributed by atoms with Crippen molar-refractivity contribution >= 4 is 29.3 Å². The number of aliphatic imine (C=N–C) groups is 1. The fourth-order valence-electron chi connectivity index (χ4n) is 2.62. The maximum atomic E-state index is 12.1. The first-order valence-corrected chi connectivity index (χ1v) is 9.40. The summed E-state index contributed by atoms with van der Waals surface area (Å²) in [5.74, 6) is 0.649. The van der Waals surface area contributed by atoms with Crippen LogP contribution in [-0.4, -0.2) is 11.9 Å². The number of aryl methyl sites for hydroxylation is 1. The number of rotatable bonds is 5. The summed E-state index contributed by atoms with van der Waals surface area (Å²) < 4.78 is 11.1. The molecule has 0 spiro atoms. The van der Waals surface area contributed by atoms with Crippen molar-refractivity contribution in [2.75, 3.05) is 0 Å². The highest BCUT2D eigenvalue weighted by Crippen LogP contribution is 2.23. The van der Waals surface area contributed by atoms with Gasteiger partial charge in [0.2, 0.25) is 5.90 Å². The molecular formula is C22H17NO3S. The molecule has 0 unspecified atom stereocenters. The molecule has 27 heavy (non-hydrogen) atoms. The fourth-order valence-corrected chi connectivity index (χ4v) is 3.27. The average Bonchev–Trinajstić information content (AvgIpc) is 3.32. The van der Waals surface area contributed by atoms with Crippen LogP contribution in [0.1, 0.15) is 21.6 Å². The third-order valence-corrected chi connectivity index (χ3v) is 4.90. The lowest BCUT2D eigenvalue weighted by molar-refractivity contribution is -0.129. The first-order valence-electron chi connectivity index (χ1n) is 8.52. The second kappa shape index (κ2) is 7.60. The Labute approximate surface area is 161 Å². The van der Waals surface area contributed by atoms with Crippen LogP contribution in [0.15, 0.2) is 76.7 Å². The molecule has 2 heterocycles. The van der Waals surface area contributed by atoms with Gasteiger partial charge in [-0.2, -0.15) is 0 Å². The normalized spacial score (nSPS) is 14.9. The average molecular weight is 375 g/mol. The van der Waals surface area contributed by atoms with Crippen molar-refractivity contribution in [2.24, 2.45) is 4.99 Å². The molecule has 0 N–H and O–H groups in total. The van der Waals surface area contributed by atoms with Crippen LogP contribution in [0.3, 0.4) is 0 Å². The van der Waals surface area contributed by atoms with Gasteiger partial charge in [0, 0.05) is 0 Å². The van der Waals surface area contributed by atoms with E-state index in [-0.39, 0.29) is 5.70 Å². The molecule has 0 saturated carbocycles. The van der Waals surface area contributed by atoms with Crippen molar-refractivity contribution in [3.8, 4) is 5.75 Å². The van der Waals surface area contributed by atoms with E-state index < -0.39 is 5.97 Å². The molecule has 0 amide bonds. The van der Waals surface area contributed by atoms with Gasteiger partial charge in [0.05, 0.1) is 4.88 Å². The molecule has 0 atom stereocenters. The summed E-state index contributed by atoms with van der Waals surface area (Å²) in [5, 5.41) is 1.92. The van der Waals surface area contributed by atoms with Gasteiger partial charge in [-0.15, -0.1) is 11.3 Å². The zero-order valence-corrected chi connectivity index (χ0v) is 15.5. The Balaban J connectivity index is 1.49. The number of esters is 1. The lowest BCUT2D eigenvalue weighted by Crippen LogP contribution is -2.03. The molecule has 2 aromatic carbocycles. The quantitative estimate of drug-likeness (QED) is 0.467. The van der Waals surface area contributed by atoms with Crippen LogP contribution in [0.5, 0.6) is 5.75 Å². The number of nitrogens with zero attached hydrogens (tertiary/aromatic N) is 1. The SMILES string of the molecule is Cc1ccc(COc2cccc(C=C3N=C(c4cccs4)OC3=O)c2)cc1. The fraction of sp³-hybridized carbons (Fsp3) is 0.0909. The molecule has 1 aromatic heterocycles. The van der Waals surface area contributed by atoms with Gasteiger partial charge in [-0.05, 0) is 47.7 Å². The Morgan fingerprint density at radius 3 is 2.74 bits per heavy atom. The Kier molecular flexibility index (Phi) is 4.85. The zero-order chi connectivity index (χ0) is 18.6. The highest BCUT2D eigenvalue weighted by Gasteiger charge is 2.24. The van der Waals surface area contributed by atoms with Crippen molar-refractivity contribution in [1.29, 1.82) is 0 Å². The van der Waals surface area contributed by atoms with E-state index in [1.807, 2.05) is 41.8 Å². The standard InChI is InChI=1S/C22H17NO3S/c1-15-7-9-16(10-8-15)14-25-18-5-2-4-17(12-18)13-19-22(24)26-21(23-19)20-6-3-11-27-20/h2-13H,14H2,1H3. The van der Waals surface area contributed by atoms with E-state index in [1.165, 1.54) is 16.9 Å². The minimum Gasteiger partial charge on any atom is -0.489 e. The second-order valence-electron chi connectivity index (χ2n) is 6.16. The van der Waals surface area contributed by atoms with Crippen molar-refractivity contribution < 1.29 is 14.3 Å². The monoisotopic (exact) mass is 375 g/mol. The van der Waals surface area contributed by atoms with Crippen LogP contribution in [0, 0.1) is 6.92 Å². The van der Waals surface area contributed by atoms with Gasteiger partial charge >= 0.3 is 5.97 Å². The Morgan fingerprint density at radius 1 is 1.11 bits per heavy atom. The Bertz CT molecular complexity index is 1020. The third kappa shape index (κ3) is 4.15. The van der Waals surface area contributed by atoms with Crippen LogP contribution >= 0.6 is 11.3 Å². The summed E-state index contributed by atoms with van der Waals surface area (Å²) >= 11 is 1.48. The van der Waals surface area contributed by atoms with Crippen molar-refractivity contribution in [3.05, 3.63) is 93.3 Å². The number of benzene rings is 2. The molecule has 0 bridgehead atoms. The van der Waals surface area contributed by atoms with Gasteiger partial charge in [0.15, 0.2) is 5.70 Å². The van der Waals surface area contributed by atoms with Crippen molar-refractivity contribution in [2.45, 2.75) is 13.5 Å². The predicted octanol–water partition coefficient (Wildman–Crippen LogP) is 4.98. The molecule has 0 saturated heterocycles. The van der Waals surface area contributed by atoms with Crippen molar-refractivity contribution in [1.82, 2.24) is 0 Å². The van der Waals surface area contributed by atoms with Gasteiger partial charge in [0.1, 0.15) is 12.4 Å². The van der Waals surface area contributed by atoms with E-state index in [9.17, 15) is 4.79 Å². The lowest BCUT2D eigenvalue weighted by atomic mass is 10.1. The Hall–Kier alpha value is -3.18. The van der Waals surface area contributed by atoms with Gasteiger partial charge in [-0.25, -0.2) is 9.79 Å². The minimum absolute atomic E-state index is 0.286. The van der Waals surface area contributed by atoms with Crippen LogP contribution in [0.2, 0.25) is 0 Å². The van der Waals surface area contributed by atoms with Crippen LogP contribution < -0.4 is 4.74 Å². The predicted molar refractivity (Wildman–Crippen MR) is 107 cm³/mol. The summed E-state index contributed by atoms with van der Waals surface area (Å²) in [7, 11) is 0. The number of hydrogen-bond acceptors (Lipinski definition) is 5. The van der Waals surface area contributed by atoms with Crippen LogP contribution in [0.25, 0.3) is 6.08 Å². The molecule has 134 valence electrons. The van der Waals surface area contributed by atoms with E-state index in [0.717, 1.165) is 21.8 Å². The number of thiophene rings is 1. The van der Waals surface area contributed by atoms with E-state index in [2.05, 4.69) is 36.2 Å². The Morgan fingerprint density at radius 2 is 1.96 bits per heavy atom. The van der Waals surface area contributed by atoms with Gasteiger partial charge < -0.3 is 9.47 Å². The molecule has 0 aliphatic carbocycles. The van der Waals surface area contributed by atoms with E-state index >= 15 is 0 Å². The lowest BCUT2D eigenvalue weighted by Gasteiger charge is -2.07. The number of hydrogen-bond donors (Lipinski definition) is 0. The maximum absolute atomic E-state index is 12.1. The zero-order valence-electron chi connectivity index (χ0n) is 14.7. The summed E-state index contributed by atoms with van der Waals surface area (Å²) in [6.45, 7) is 2.55. The molecule has 5 heteroatoms. The molecule has 0 fully saturated rings. The molecule has 1 aliphatic heterocycles. The maximum Gasteiger partial charge on any atom is 0.363 e. The first kappa shape index (κ1) is 17.2. The summed E-state index contributed by atoms with van der Waals surface area (Å²) in [5.41, 5.74) is 3.45. The minimum atomic E-state index is -0.440. The molecule has 1 aliphatic rings. The number of carbonyl (C=O) groups is 1. The van der Waals surface area contributed by atoms with Crippen molar-refractivity contribution in [3.63, 3.8) is 0 Å².